The maximum atomic E-state index is 13.1. The minimum atomic E-state index is -4.45. The summed E-state index contributed by atoms with van der Waals surface area (Å²) in [5, 5.41) is 1.98. The highest BCUT2D eigenvalue weighted by molar-refractivity contribution is 8.01. The Morgan fingerprint density at radius 1 is 1.24 bits per heavy atom. The molecule has 2 aromatic heterocycles. The maximum absolute atomic E-state index is 13.1. The molecule has 0 aliphatic heterocycles. The van der Waals surface area contributed by atoms with Gasteiger partial charge in [0.25, 0.3) is 5.91 Å². The Morgan fingerprint density at radius 2 is 1.93 bits per heavy atom. The molecule has 0 bridgehead atoms. The van der Waals surface area contributed by atoms with Crippen molar-refractivity contribution in [3.63, 3.8) is 0 Å². The maximum Gasteiger partial charge on any atom is 0.447 e. The van der Waals surface area contributed by atoms with Crippen molar-refractivity contribution in [2.45, 2.75) is 23.6 Å². The molecule has 154 valence electrons. The first-order valence-electron chi connectivity index (χ1n) is 7.97. The monoisotopic (exact) mass is 463 g/mol. The van der Waals surface area contributed by atoms with Gasteiger partial charge in [-0.1, -0.05) is 11.6 Å². The number of methoxy groups -OCH3 is 1. The standard InChI is InChI=1S/C18H13ClF3NO4S2/c1-8-16(27-9(2)24)11-5-14(26-3)12(19)6-13(11)23(8)17(25)10-4-15(28-7-10)29-18(20,21)22/h4-7H,1-3H3. The number of nitrogens with zero attached hydrogens (tertiary/aromatic N) is 1. The summed E-state index contributed by atoms with van der Waals surface area (Å²) >= 11 is 6.71. The molecule has 2 heterocycles. The van der Waals surface area contributed by atoms with Crippen LogP contribution in [0.4, 0.5) is 13.2 Å². The van der Waals surface area contributed by atoms with Crippen LogP contribution in [-0.2, 0) is 4.79 Å². The van der Waals surface area contributed by atoms with Crippen LogP contribution in [0.15, 0.2) is 27.8 Å². The number of ether oxygens (including phenoxy) is 2. The molecular formula is C18H13ClF3NO4S2. The Labute approximate surface area is 176 Å². The van der Waals surface area contributed by atoms with E-state index in [9.17, 15) is 22.8 Å². The summed E-state index contributed by atoms with van der Waals surface area (Å²) in [7, 11) is 1.42. The fourth-order valence-electron chi connectivity index (χ4n) is 2.80. The third-order valence-electron chi connectivity index (χ3n) is 3.91. The Kier molecular flexibility index (Phi) is 5.88. The first kappa shape index (κ1) is 21.5. The van der Waals surface area contributed by atoms with Crippen LogP contribution in [0.1, 0.15) is 23.0 Å². The molecule has 0 radical (unpaired) electrons. The number of thiophene rings is 1. The number of halogens is 4. The molecule has 0 aliphatic rings. The number of carbonyl (C=O) groups is 2. The molecule has 0 amide bonds. The van der Waals surface area contributed by atoms with E-state index in [-0.39, 0.29) is 32.3 Å². The molecular weight excluding hydrogens is 451 g/mol. The van der Waals surface area contributed by atoms with Gasteiger partial charge >= 0.3 is 11.5 Å². The molecule has 0 saturated carbocycles. The number of carbonyl (C=O) groups excluding carboxylic acids is 2. The second-order valence-corrected chi connectivity index (χ2v) is 8.54. The van der Waals surface area contributed by atoms with Crippen LogP contribution >= 0.6 is 34.7 Å². The lowest BCUT2D eigenvalue weighted by molar-refractivity contribution is -0.131. The van der Waals surface area contributed by atoms with Crippen molar-refractivity contribution < 1.29 is 32.2 Å². The van der Waals surface area contributed by atoms with Crippen molar-refractivity contribution in [2.75, 3.05) is 7.11 Å². The third-order valence-corrected chi connectivity index (χ3v) is 6.01. The highest BCUT2D eigenvalue weighted by Gasteiger charge is 2.31. The van der Waals surface area contributed by atoms with Gasteiger partial charge in [0.05, 0.1) is 33.1 Å². The van der Waals surface area contributed by atoms with Crippen molar-refractivity contribution >= 4 is 57.5 Å². The van der Waals surface area contributed by atoms with Crippen molar-refractivity contribution in [3.8, 4) is 11.5 Å². The predicted molar refractivity (Wildman–Crippen MR) is 106 cm³/mol. The number of fused-ring (bicyclic) bond motifs is 1. The number of hydrogen-bond acceptors (Lipinski definition) is 6. The number of hydrogen-bond donors (Lipinski definition) is 0. The number of rotatable bonds is 4. The topological polar surface area (TPSA) is 57.5 Å². The lowest BCUT2D eigenvalue weighted by Gasteiger charge is -2.07. The average Bonchev–Trinajstić information content (AvgIpc) is 3.15. The lowest BCUT2D eigenvalue weighted by atomic mass is 10.2. The molecule has 0 unspecified atom stereocenters. The summed E-state index contributed by atoms with van der Waals surface area (Å²) < 4.78 is 49.4. The normalized spacial score (nSPS) is 11.7. The van der Waals surface area contributed by atoms with Crippen molar-refractivity contribution in [3.05, 3.63) is 39.9 Å². The van der Waals surface area contributed by atoms with E-state index in [2.05, 4.69) is 0 Å². The fourth-order valence-corrected chi connectivity index (χ4v) is 4.68. The summed E-state index contributed by atoms with van der Waals surface area (Å²) in [4.78, 5) is 24.6. The van der Waals surface area contributed by atoms with Crippen molar-refractivity contribution in [1.82, 2.24) is 4.57 Å². The Morgan fingerprint density at radius 3 is 2.52 bits per heavy atom. The largest absolute Gasteiger partial charge is 0.495 e. The van der Waals surface area contributed by atoms with Gasteiger partial charge in [-0.05, 0) is 36.9 Å². The van der Waals surface area contributed by atoms with E-state index in [1.54, 1.807) is 6.92 Å². The molecule has 0 fully saturated rings. The summed E-state index contributed by atoms with van der Waals surface area (Å²) in [6.45, 7) is 2.78. The molecule has 29 heavy (non-hydrogen) atoms. The quantitative estimate of drug-likeness (QED) is 0.356. The lowest BCUT2D eigenvalue weighted by Crippen LogP contribution is -2.13. The second-order valence-electron chi connectivity index (χ2n) is 5.85. The second kappa shape index (κ2) is 7.92. The van der Waals surface area contributed by atoms with Crippen LogP contribution in [0, 0.1) is 6.92 Å². The van der Waals surface area contributed by atoms with Crippen molar-refractivity contribution in [2.24, 2.45) is 0 Å². The smallest absolute Gasteiger partial charge is 0.447 e. The number of benzene rings is 1. The molecule has 3 aromatic rings. The SMILES string of the molecule is COc1cc2c(OC(C)=O)c(C)n(C(=O)c3csc(SC(F)(F)F)c3)c2cc1Cl. The molecule has 0 aliphatic carbocycles. The van der Waals surface area contributed by atoms with E-state index in [0.717, 1.165) is 11.3 Å². The zero-order valence-electron chi connectivity index (χ0n) is 15.2. The predicted octanol–water partition coefficient (Wildman–Crippen LogP) is 5.90. The Hall–Kier alpha value is -2.17. The van der Waals surface area contributed by atoms with Crippen molar-refractivity contribution in [1.29, 1.82) is 0 Å². The molecule has 5 nitrogen and oxygen atoms in total. The van der Waals surface area contributed by atoms with Gasteiger partial charge in [0.2, 0.25) is 0 Å². The first-order chi connectivity index (χ1) is 13.5. The minimum Gasteiger partial charge on any atom is -0.495 e. The zero-order valence-corrected chi connectivity index (χ0v) is 17.6. The van der Waals surface area contributed by atoms with E-state index in [1.165, 1.54) is 42.2 Å². The van der Waals surface area contributed by atoms with Gasteiger partial charge in [0.15, 0.2) is 5.75 Å². The highest BCUT2D eigenvalue weighted by atomic mass is 35.5. The van der Waals surface area contributed by atoms with Crippen LogP contribution in [0.25, 0.3) is 10.9 Å². The summed E-state index contributed by atoms with van der Waals surface area (Å²) in [5.41, 5.74) is -3.73. The number of thioether (sulfide) groups is 1. The summed E-state index contributed by atoms with van der Waals surface area (Å²) in [6.07, 6.45) is 0. The van der Waals surface area contributed by atoms with E-state index < -0.39 is 17.4 Å². The Balaban J connectivity index is 2.15. The van der Waals surface area contributed by atoms with Crippen LogP contribution in [0.5, 0.6) is 11.5 Å². The van der Waals surface area contributed by atoms with Gasteiger partial charge in [-0.15, -0.1) is 11.3 Å². The highest BCUT2D eigenvalue weighted by Crippen LogP contribution is 2.42. The number of aromatic nitrogens is 1. The van der Waals surface area contributed by atoms with Gasteiger partial charge in [-0.3, -0.25) is 14.2 Å². The third kappa shape index (κ3) is 4.39. The van der Waals surface area contributed by atoms with Gasteiger partial charge < -0.3 is 9.47 Å². The van der Waals surface area contributed by atoms with Crippen LogP contribution in [-0.4, -0.2) is 29.1 Å². The summed E-state index contributed by atoms with van der Waals surface area (Å²) in [5.74, 6) is -0.696. The zero-order chi connectivity index (χ0) is 21.5. The van der Waals surface area contributed by atoms with E-state index in [1.807, 2.05) is 0 Å². The molecule has 1 aromatic carbocycles. The molecule has 0 saturated heterocycles. The molecule has 3 rings (SSSR count). The Bertz CT molecular complexity index is 1120. The van der Waals surface area contributed by atoms with Gasteiger partial charge in [-0.2, -0.15) is 13.2 Å². The number of esters is 1. The average molecular weight is 464 g/mol. The van der Waals surface area contributed by atoms with Gasteiger partial charge in [0.1, 0.15) is 5.75 Å². The molecule has 0 N–H and O–H groups in total. The fraction of sp³-hybridized carbons (Fsp3) is 0.222. The van der Waals surface area contributed by atoms with Gasteiger partial charge in [-0.25, -0.2) is 0 Å². The molecule has 0 spiro atoms. The molecule has 11 heteroatoms. The number of alkyl halides is 3. The van der Waals surface area contributed by atoms with Crippen LogP contribution < -0.4 is 9.47 Å². The minimum absolute atomic E-state index is 0.0603. The van der Waals surface area contributed by atoms with E-state index in [0.29, 0.717) is 22.3 Å². The van der Waals surface area contributed by atoms with Crippen LogP contribution in [0.2, 0.25) is 5.02 Å². The van der Waals surface area contributed by atoms with Crippen LogP contribution in [0.3, 0.4) is 0 Å². The summed E-state index contributed by atoms with van der Waals surface area (Å²) in [6, 6.07) is 4.18. The first-order valence-corrected chi connectivity index (χ1v) is 10.0. The van der Waals surface area contributed by atoms with Gasteiger partial charge in [0, 0.05) is 17.7 Å². The van der Waals surface area contributed by atoms with E-state index in [4.69, 9.17) is 21.1 Å². The molecule has 0 atom stereocenters. The van der Waals surface area contributed by atoms with E-state index >= 15 is 0 Å².